The predicted octanol–water partition coefficient (Wildman–Crippen LogP) is 9.55. The summed E-state index contributed by atoms with van der Waals surface area (Å²) in [7, 11) is 0. The van der Waals surface area contributed by atoms with Gasteiger partial charge in [-0.25, -0.2) is 0 Å². The molecule has 0 spiro atoms. The SMILES string of the molecule is C=C/C=c1\c(=C/C)c2cc3c4c(n(-c5ccc(-c6ccccc6)cc5)c3cc2n1-c1ccc(-c2ccccc2)cc1)CCCC4. The molecule has 0 fully saturated rings. The molecule has 0 saturated carbocycles. The van der Waals surface area contributed by atoms with Crippen LogP contribution in [0.1, 0.15) is 31.0 Å². The van der Waals surface area contributed by atoms with Crippen LogP contribution in [0.15, 0.2) is 134 Å². The van der Waals surface area contributed by atoms with Gasteiger partial charge >= 0.3 is 0 Å². The average molecular weight is 581 g/mol. The number of rotatable bonds is 5. The third-order valence-electron chi connectivity index (χ3n) is 9.47. The van der Waals surface area contributed by atoms with Crippen molar-refractivity contribution in [3.63, 3.8) is 0 Å². The van der Waals surface area contributed by atoms with Crippen molar-refractivity contribution in [3.05, 3.63) is 156 Å². The van der Waals surface area contributed by atoms with Crippen molar-refractivity contribution in [2.24, 2.45) is 0 Å². The lowest BCUT2D eigenvalue weighted by Gasteiger charge is -2.16. The van der Waals surface area contributed by atoms with Gasteiger partial charge < -0.3 is 9.13 Å². The van der Waals surface area contributed by atoms with Crippen molar-refractivity contribution in [1.82, 2.24) is 9.13 Å². The fourth-order valence-electron chi connectivity index (χ4n) is 7.38. The third kappa shape index (κ3) is 4.57. The fraction of sp³-hybridized carbons (Fsp3) is 0.116. The molecule has 1 aliphatic carbocycles. The molecule has 0 radical (unpaired) electrons. The van der Waals surface area contributed by atoms with Crippen molar-refractivity contribution in [1.29, 1.82) is 0 Å². The quantitative estimate of drug-likeness (QED) is 0.192. The van der Waals surface area contributed by atoms with Crippen LogP contribution in [0, 0.1) is 0 Å². The Balaban J connectivity index is 1.37. The first-order chi connectivity index (χ1) is 22.2. The van der Waals surface area contributed by atoms with Crippen LogP contribution in [-0.2, 0) is 12.8 Å². The Morgan fingerprint density at radius 2 is 1.11 bits per heavy atom. The van der Waals surface area contributed by atoms with Gasteiger partial charge in [-0.15, -0.1) is 0 Å². The molecule has 0 aliphatic heterocycles. The highest BCUT2D eigenvalue weighted by molar-refractivity contribution is 6.00. The van der Waals surface area contributed by atoms with E-state index in [1.807, 2.05) is 6.08 Å². The molecular formula is C43H36N2. The van der Waals surface area contributed by atoms with E-state index in [2.05, 4.69) is 156 Å². The summed E-state index contributed by atoms with van der Waals surface area (Å²) in [6, 6.07) is 44.2. The highest BCUT2D eigenvalue weighted by atomic mass is 15.0. The van der Waals surface area contributed by atoms with E-state index in [4.69, 9.17) is 0 Å². The Bertz CT molecular complexity index is 2300. The van der Waals surface area contributed by atoms with Gasteiger partial charge in [-0.3, -0.25) is 0 Å². The predicted molar refractivity (Wildman–Crippen MR) is 192 cm³/mol. The zero-order valence-electron chi connectivity index (χ0n) is 25.7. The lowest BCUT2D eigenvalue weighted by molar-refractivity contribution is 0.667. The van der Waals surface area contributed by atoms with E-state index in [0.29, 0.717) is 0 Å². The number of hydrogen-bond donors (Lipinski definition) is 0. The molecule has 2 heteroatoms. The Morgan fingerprint density at radius 3 is 1.69 bits per heavy atom. The number of hydrogen-bond acceptors (Lipinski definition) is 0. The van der Waals surface area contributed by atoms with Crippen molar-refractivity contribution >= 4 is 34.0 Å². The number of benzene rings is 5. The van der Waals surface area contributed by atoms with E-state index in [0.717, 1.165) is 23.9 Å². The molecule has 2 nitrogen and oxygen atoms in total. The monoisotopic (exact) mass is 580 g/mol. The van der Waals surface area contributed by atoms with Crippen LogP contribution in [0.25, 0.3) is 67.6 Å². The first-order valence-electron chi connectivity index (χ1n) is 16.1. The number of aromatic nitrogens is 2. The van der Waals surface area contributed by atoms with Crippen LogP contribution < -0.4 is 10.6 Å². The molecule has 45 heavy (non-hydrogen) atoms. The average Bonchev–Trinajstić information content (AvgIpc) is 3.59. The van der Waals surface area contributed by atoms with Gasteiger partial charge in [-0.05, 0) is 103 Å². The van der Waals surface area contributed by atoms with Gasteiger partial charge in [0.05, 0.1) is 16.4 Å². The van der Waals surface area contributed by atoms with E-state index in [9.17, 15) is 0 Å². The second kappa shape index (κ2) is 11.3. The minimum Gasteiger partial charge on any atom is -0.313 e. The molecular weight excluding hydrogens is 544 g/mol. The summed E-state index contributed by atoms with van der Waals surface area (Å²) in [6.45, 7) is 6.24. The van der Waals surface area contributed by atoms with E-state index in [1.54, 1.807) is 0 Å². The molecule has 8 rings (SSSR count). The fourth-order valence-corrected chi connectivity index (χ4v) is 7.38. The first kappa shape index (κ1) is 27.2. The largest absolute Gasteiger partial charge is 0.313 e. The molecule has 2 aromatic heterocycles. The summed E-state index contributed by atoms with van der Waals surface area (Å²) in [5, 5.41) is 5.09. The lowest BCUT2D eigenvalue weighted by atomic mass is 9.95. The van der Waals surface area contributed by atoms with Gasteiger partial charge in [0.25, 0.3) is 0 Å². The van der Waals surface area contributed by atoms with E-state index in [-0.39, 0.29) is 0 Å². The molecule has 0 unspecified atom stereocenters. The van der Waals surface area contributed by atoms with Crippen LogP contribution in [0.3, 0.4) is 0 Å². The van der Waals surface area contributed by atoms with Crippen molar-refractivity contribution in [2.75, 3.05) is 0 Å². The van der Waals surface area contributed by atoms with Gasteiger partial charge in [0.2, 0.25) is 0 Å². The molecule has 218 valence electrons. The van der Waals surface area contributed by atoms with E-state index < -0.39 is 0 Å². The minimum atomic E-state index is 1.11. The second-order valence-electron chi connectivity index (χ2n) is 12.0. The summed E-state index contributed by atoms with van der Waals surface area (Å²) in [5.41, 5.74) is 12.8. The number of nitrogens with zero attached hydrogens (tertiary/aromatic N) is 2. The molecule has 0 bridgehead atoms. The maximum absolute atomic E-state index is 4.09. The zero-order valence-corrected chi connectivity index (χ0v) is 25.7. The topological polar surface area (TPSA) is 9.86 Å². The molecule has 0 saturated heterocycles. The smallest absolute Gasteiger partial charge is 0.0562 e. The van der Waals surface area contributed by atoms with Gasteiger partial charge in [-0.2, -0.15) is 0 Å². The Kier molecular flexibility index (Phi) is 6.84. The third-order valence-corrected chi connectivity index (χ3v) is 9.47. The minimum absolute atomic E-state index is 1.11. The van der Waals surface area contributed by atoms with E-state index >= 15 is 0 Å². The summed E-state index contributed by atoms with van der Waals surface area (Å²) in [4.78, 5) is 0. The maximum atomic E-state index is 4.09. The van der Waals surface area contributed by atoms with Gasteiger partial charge in [0, 0.05) is 33.1 Å². The molecule has 2 heterocycles. The molecule has 0 amide bonds. The number of allylic oxidation sites excluding steroid dienone is 1. The van der Waals surface area contributed by atoms with Crippen molar-refractivity contribution in [3.8, 4) is 33.6 Å². The van der Waals surface area contributed by atoms with E-state index in [1.165, 1.54) is 79.1 Å². The van der Waals surface area contributed by atoms with Gasteiger partial charge in [-0.1, -0.05) is 104 Å². The molecule has 5 aromatic carbocycles. The summed E-state index contributed by atoms with van der Waals surface area (Å²) in [6.07, 6.45) is 11.0. The Labute approximate surface area is 264 Å². The molecule has 0 N–H and O–H groups in total. The normalized spacial score (nSPS) is 13.9. The molecule has 1 aliphatic rings. The number of fused-ring (bicyclic) bond motifs is 4. The van der Waals surface area contributed by atoms with Crippen LogP contribution in [0.2, 0.25) is 0 Å². The zero-order chi connectivity index (χ0) is 30.3. The van der Waals surface area contributed by atoms with Crippen LogP contribution in [-0.4, -0.2) is 9.13 Å². The standard InChI is InChI=1S/C43H36N2/c1-3-13-40-36(4-2)38-28-39-37-18-11-12-19-41(37)45(35-26-22-33(23-27-35)31-16-9-6-10-17-31)43(39)29-42(38)44(40)34-24-20-32(21-25-34)30-14-7-5-8-15-30/h3-10,13-17,20-29H,1,11-12,18-19H2,2H3/b36-4-,40-13+. The molecule has 0 atom stereocenters. The van der Waals surface area contributed by atoms with Crippen LogP contribution >= 0.6 is 0 Å². The van der Waals surface area contributed by atoms with Crippen molar-refractivity contribution < 1.29 is 0 Å². The van der Waals surface area contributed by atoms with Crippen molar-refractivity contribution in [2.45, 2.75) is 32.6 Å². The first-order valence-corrected chi connectivity index (χ1v) is 16.1. The molecule has 7 aromatic rings. The number of aryl methyl sites for hydroxylation is 1. The van der Waals surface area contributed by atoms with Crippen LogP contribution in [0.4, 0.5) is 0 Å². The highest BCUT2D eigenvalue weighted by Gasteiger charge is 2.23. The van der Waals surface area contributed by atoms with Gasteiger partial charge in [0.15, 0.2) is 0 Å². The summed E-state index contributed by atoms with van der Waals surface area (Å²) >= 11 is 0. The highest BCUT2D eigenvalue weighted by Crippen LogP contribution is 2.37. The summed E-state index contributed by atoms with van der Waals surface area (Å²) in [5.74, 6) is 0. The second-order valence-corrected chi connectivity index (χ2v) is 12.0. The Hall–Kier alpha value is -5.34. The maximum Gasteiger partial charge on any atom is 0.0562 e. The lowest BCUT2D eigenvalue weighted by Crippen LogP contribution is -2.27. The Morgan fingerprint density at radius 1 is 0.578 bits per heavy atom. The summed E-state index contributed by atoms with van der Waals surface area (Å²) < 4.78 is 4.95. The van der Waals surface area contributed by atoms with Crippen LogP contribution in [0.5, 0.6) is 0 Å². The van der Waals surface area contributed by atoms with Gasteiger partial charge in [0.1, 0.15) is 0 Å².